The second kappa shape index (κ2) is 10.6. The van der Waals surface area contributed by atoms with Gasteiger partial charge >= 0.3 is 12.1 Å². The predicted molar refractivity (Wildman–Crippen MR) is 128 cm³/mol. The van der Waals surface area contributed by atoms with Crippen molar-refractivity contribution >= 4 is 35.0 Å². The van der Waals surface area contributed by atoms with E-state index in [1.54, 1.807) is 4.90 Å². The van der Waals surface area contributed by atoms with Gasteiger partial charge in [-0.3, -0.25) is 19.8 Å². The van der Waals surface area contributed by atoms with Crippen LogP contribution in [0.25, 0.3) is 0 Å². The zero-order valence-electron chi connectivity index (χ0n) is 19.6. The van der Waals surface area contributed by atoms with Crippen LogP contribution in [0, 0.1) is 10.1 Å². The average Bonchev–Trinajstić information content (AvgIpc) is 2.90. The van der Waals surface area contributed by atoms with E-state index in [-0.39, 0.29) is 23.9 Å². The number of para-hydroxylation sites is 1. The van der Waals surface area contributed by atoms with E-state index in [0.717, 1.165) is 24.4 Å². The number of nitro benzene ring substituents is 1. The van der Waals surface area contributed by atoms with Gasteiger partial charge in [-0.1, -0.05) is 18.2 Å². The van der Waals surface area contributed by atoms with Crippen molar-refractivity contribution in [3.8, 4) is 0 Å². The summed E-state index contributed by atoms with van der Waals surface area (Å²) in [6.07, 6.45) is 0.738. The Labute approximate surface area is 206 Å². The number of nitrogens with zero attached hydrogens (tertiary/aromatic N) is 3. The average molecular weight is 498 g/mol. The van der Waals surface area contributed by atoms with E-state index in [4.69, 9.17) is 4.74 Å². The molecular formula is C24H26N4O8. The van der Waals surface area contributed by atoms with Crippen LogP contribution in [0.2, 0.25) is 0 Å². The third-order valence-corrected chi connectivity index (χ3v) is 6.38. The Morgan fingerprint density at radius 3 is 2.61 bits per heavy atom. The Hall–Kier alpha value is -4.19. The quantitative estimate of drug-likeness (QED) is 0.332. The smallest absolute Gasteiger partial charge is 0.414 e. The molecule has 12 nitrogen and oxygen atoms in total. The molecule has 1 saturated heterocycles. The van der Waals surface area contributed by atoms with Crippen molar-refractivity contribution in [2.24, 2.45) is 0 Å². The fraction of sp³-hybridized carbons (Fsp3) is 0.375. The Morgan fingerprint density at radius 1 is 1.22 bits per heavy atom. The molecule has 0 spiro atoms. The molecule has 2 aliphatic rings. The standard InChI is InChI=1S/C24H26N4O8/c1-35-23(31)18(13-29)25-22(30)15-6-7-20(21(12-15)28(33)34)26-10-8-17(9-11-26)27-19-5-3-2-4-16(19)14-36-24(27)32/h2-7,12,17-18,29H,8-11,13-14H2,1H3,(H,25,30). The lowest BCUT2D eigenvalue weighted by Gasteiger charge is -2.40. The number of aliphatic hydroxyl groups is 1. The summed E-state index contributed by atoms with van der Waals surface area (Å²) in [4.78, 5) is 51.5. The van der Waals surface area contributed by atoms with E-state index in [0.29, 0.717) is 31.6 Å². The summed E-state index contributed by atoms with van der Waals surface area (Å²) in [7, 11) is 1.12. The van der Waals surface area contributed by atoms with Crippen LogP contribution in [-0.2, 0) is 20.9 Å². The van der Waals surface area contributed by atoms with Gasteiger partial charge in [0, 0.05) is 36.3 Å². The van der Waals surface area contributed by atoms with Crippen molar-refractivity contribution in [3.63, 3.8) is 0 Å². The minimum atomic E-state index is -1.29. The molecule has 0 radical (unpaired) electrons. The zero-order valence-corrected chi connectivity index (χ0v) is 19.6. The van der Waals surface area contributed by atoms with E-state index in [9.17, 15) is 29.6 Å². The summed E-state index contributed by atoms with van der Waals surface area (Å²) in [5.74, 6) is -1.59. The largest absolute Gasteiger partial charge is 0.467 e. The van der Waals surface area contributed by atoms with Gasteiger partial charge in [0.05, 0.1) is 24.3 Å². The van der Waals surface area contributed by atoms with E-state index >= 15 is 0 Å². The van der Waals surface area contributed by atoms with Crippen LogP contribution >= 0.6 is 0 Å². The van der Waals surface area contributed by atoms with Gasteiger partial charge in [0.2, 0.25) is 0 Å². The van der Waals surface area contributed by atoms with Crippen LogP contribution in [0.5, 0.6) is 0 Å². The number of cyclic esters (lactones) is 1. The minimum Gasteiger partial charge on any atom is -0.467 e. The normalized spacial score (nSPS) is 16.6. The number of benzene rings is 2. The summed E-state index contributed by atoms with van der Waals surface area (Å²) in [5, 5.41) is 23.4. The molecule has 12 heteroatoms. The Balaban J connectivity index is 1.49. The lowest BCUT2D eigenvalue weighted by atomic mass is 9.99. The molecule has 0 saturated carbocycles. The van der Waals surface area contributed by atoms with Crippen LogP contribution < -0.4 is 15.1 Å². The van der Waals surface area contributed by atoms with Crippen molar-refractivity contribution in [1.29, 1.82) is 0 Å². The summed E-state index contributed by atoms with van der Waals surface area (Å²) in [6, 6.07) is 10.2. The monoisotopic (exact) mass is 498 g/mol. The number of piperidine rings is 1. The molecule has 2 aromatic rings. The molecule has 2 N–H and O–H groups in total. The molecule has 36 heavy (non-hydrogen) atoms. The van der Waals surface area contributed by atoms with Crippen LogP contribution in [0.3, 0.4) is 0 Å². The Bertz CT molecular complexity index is 1180. The van der Waals surface area contributed by atoms with E-state index in [2.05, 4.69) is 10.1 Å². The lowest BCUT2D eigenvalue weighted by Crippen LogP contribution is -2.49. The second-order valence-electron chi connectivity index (χ2n) is 8.46. The lowest BCUT2D eigenvalue weighted by molar-refractivity contribution is -0.384. The number of nitrogens with one attached hydrogen (secondary N) is 1. The molecule has 1 fully saturated rings. The molecule has 0 bridgehead atoms. The van der Waals surface area contributed by atoms with Gasteiger partial charge < -0.3 is 24.8 Å². The number of carbonyl (C=O) groups excluding carboxylic acids is 3. The Morgan fingerprint density at radius 2 is 1.94 bits per heavy atom. The first-order valence-corrected chi connectivity index (χ1v) is 11.4. The fourth-order valence-electron chi connectivity index (χ4n) is 4.53. The number of hydrogen-bond donors (Lipinski definition) is 2. The molecular weight excluding hydrogens is 472 g/mol. The maximum Gasteiger partial charge on any atom is 0.414 e. The molecule has 1 unspecified atom stereocenters. The van der Waals surface area contributed by atoms with Crippen molar-refractivity contribution in [3.05, 3.63) is 63.7 Å². The van der Waals surface area contributed by atoms with Crippen LogP contribution in [0.15, 0.2) is 42.5 Å². The number of anilines is 2. The Kier molecular flexibility index (Phi) is 7.34. The van der Waals surface area contributed by atoms with Crippen molar-refractivity contribution < 1.29 is 33.9 Å². The van der Waals surface area contributed by atoms with Crippen LogP contribution in [0.4, 0.5) is 21.9 Å². The number of esters is 1. The molecule has 2 aromatic carbocycles. The van der Waals surface area contributed by atoms with Gasteiger partial charge in [0.15, 0.2) is 6.04 Å². The van der Waals surface area contributed by atoms with Crippen molar-refractivity contribution in [2.45, 2.75) is 31.5 Å². The number of carbonyl (C=O) groups is 3. The van der Waals surface area contributed by atoms with Gasteiger partial charge in [0.25, 0.3) is 11.6 Å². The van der Waals surface area contributed by atoms with Crippen molar-refractivity contribution in [1.82, 2.24) is 5.32 Å². The highest BCUT2D eigenvalue weighted by atomic mass is 16.6. The van der Waals surface area contributed by atoms with Gasteiger partial charge in [-0.2, -0.15) is 0 Å². The second-order valence-corrected chi connectivity index (χ2v) is 8.46. The number of rotatable bonds is 7. The maximum absolute atomic E-state index is 12.5. The van der Waals surface area contributed by atoms with Crippen LogP contribution in [-0.4, -0.2) is 66.9 Å². The first kappa shape index (κ1) is 24.9. The third-order valence-electron chi connectivity index (χ3n) is 6.38. The minimum absolute atomic E-state index is 0.0321. The number of methoxy groups -OCH3 is 1. The predicted octanol–water partition coefficient (Wildman–Crippen LogP) is 1.98. The van der Waals surface area contributed by atoms with Crippen LogP contribution in [0.1, 0.15) is 28.8 Å². The summed E-state index contributed by atoms with van der Waals surface area (Å²) < 4.78 is 9.84. The SMILES string of the molecule is COC(=O)C(CO)NC(=O)c1ccc(N2CCC(N3C(=O)OCc4ccccc43)CC2)c([N+](=O)[O-])c1. The summed E-state index contributed by atoms with van der Waals surface area (Å²) in [6.45, 7) is 0.466. The topological polar surface area (TPSA) is 152 Å². The zero-order chi connectivity index (χ0) is 25.8. The molecule has 0 aromatic heterocycles. The number of hydrogen-bond acceptors (Lipinski definition) is 9. The molecule has 2 aliphatic heterocycles. The summed E-state index contributed by atoms with van der Waals surface area (Å²) >= 11 is 0. The fourth-order valence-corrected chi connectivity index (χ4v) is 4.53. The third kappa shape index (κ3) is 4.93. The van der Waals surface area contributed by atoms with E-state index in [1.807, 2.05) is 29.2 Å². The number of amides is 2. The van der Waals surface area contributed by atoms with Gasteiger partial charge in [-0.05, 0) is 31.0 Å². The number of nitro groups is 1. The molecule has 2 amide bonds. The molecule has 2 heterocycles. The molecule has 0 aliphatic carbocycles. The highest BCUT2D eigenvalue weighted by Crippen LogP contribution is 2.35. The number of aliphatic hydroxyl groups excluding tert-OH is 1. The first-order valence-electron chi connectivity index (χ1n) is 11.4. The highest BCUT2D eigenvalue weighted by molar-refractivity contribution is 5.98. The summed E-state index contributed by atoms with van der Waals surface area (Å²) in [5.41, 5.74) is 1.81. The number of ether oxygens (including phenoxy) is 2. The highest BCUT2D eigenvalue weighted by Gasteiger charge is 2.35. The van der Waals surface area contributed by atoms with Gasteiger partial charge in [0.1, 0.15) is 12.3 Å². The molecule has 1 atom stereocenters. The van der Waals surface area contributed by atoms with Gasteiger partial charge in [-0.25, -0.2) is 9.59 Å². The van der Waals surface area contributed by atoms with Gasteiger partial charge in [-0.15, -0.1) is 0 Å². The molecule has 4 rings (SSSR count). The van der Waals surface area contributed by atoms with Crippen molar-refractivity contribution in [2.75, 3.05) is 36.6 Å². The first-order chi connectivity index (χ1) is 17.3. The number of fused-ring (bicyclic) bond motifs is 1. The maximum atomic E-state index is 12.5. The van der Waals surface area contributed by atoms with E-state index in [1.165, 1.54) is 12.1 Å². The molecule has 190 valence electrons. The van der Waals surface area contributed by atoms with E-state index < -0.39 is 35.5 Å².